The molecule has 8 heteroatoms. The van der Waals surface area contributed by atoms with E-state index in [0.29, 0.717) is 25.9 Å². The molecule has 0 atom stereocenters. The molecular formula is C13H15FN2O5. The molecule has 1 aliphatic rings. The molecule has 0 amide bonds. The van der Waals surface area contributed by atoms with E-state index in [0.717, 1.165) is 12.1 Å². The van der Waals surface area contributed by atoms with Crippen molar-refractivity contribution in [3.8, 4) is 0 Å². The molecule has 0 aromatic heterocycles. The average Bonchev–Trinajstić information content (AvgIpc) is 2.46. The standard InChI is InChI=1S/C13H15FN2O5/c1-21-8-2-4-15(5-3-8)11-7-10(14)9(13(17)18)6-12(11)16(19)20/h6-8H,2-5H2,1H3,(H,17,18). The van der Waals surface area contributed by atoms with Crippen LogP contribution in [0.1, 0.15) is 23.2 Å². The second-order valence-corrected chi connectivity index (χ2v) is 4.81. The van der Waals surface area contributed by atoms with Crippen LogP contribution in [0.25, 0.3) is 0 Å². The largest absolute Gasteiger partial charge is 0.478 e. The summed E-state index contributed by atoms with van der Waals surface area (Å²) in [6.07, 6.45) is 1.44. The molecule has 1 saturated heterocycles. The number of hydrogen-bond acceptors (Lipinski definition) is 5. The van der Waals surface area contributed by atoms with Crippen molar-refractivity contribution in [1.29, 1.82) is 0 Å². The monoisotopic (exact) mass is 298 g/mol. The minimum absolute atomic E-state index is 0.0865. The number of methoxy groups -OCH3 is 1. The minimum Gasteiger partial charge on any atom is -0.478 e. The van der Waals surface area contributed by atoms with Gasteiger partial charge < -0.3 is 14.7 Å². The summed E-state index contributed by atoms with van der Waals surface area (Å²) in [4.78, 5) is 23.0. The van der Waals surface area contributed by atoms with E-state index in [4.69, 9.17) is 9.84 Å². The lowest BCUT2D eigenvalue weighted by molar-refractivity contribution is -0.384. The summed E-state index contributed by atoms with van der Waals surface area (Å²) in [5.74, 6) is -2.50. The molecule has 114 valence electrons. The number of benzene rings is 1. The van der Waals surface area contributed by atoms with E-state index < -0.39 is 28.0 Å². The van der Waals surface area contributed by atoms with Gasteiger partial charge in [0.05, 0.1) is 11.0 Å². The SMILES string of the molecule is COC1CCN(c2cc(F)c(C(=O)O)cc2[N+](=O)[O-])CC1. The Morgan fingerprint density at radius 1 is 1.48 bits per heavy atom. The van der Waals surface area contributed by atoms with Crippen molar-refractivity contribution in [2.45, 2.75) is 18.9 Å². The number of halogens is 1. The summed E-state index contributed by atoms with van der Waals surface area (Å²) in [6, 6.07) is 1.70. The van der Waals surface area contributed by atoms with Gasteiger partial charge in [0.15, 0.2) is 0 Å². The highest BCUT2D eigenvalue weighted by Crippen LogP contribution is 2.33. The lowest BCUT2D eigenvalue weighted by Crippen LogP contribution is -2.37. The molecule has 0 spiro atoms. The Morgan fingerprint density at radius 3 is 2.57 bits per heavy atom. The van der Waals surface area contributed by atoms with Crippen molar-refractivity contribution >= 4 is 17.3 Å². The Labute approximate surface area is 120 Å². The predicted molar refractivity (Wildman–Crippen MR) is 72.3 cm³/mol. The normalized spacial score (nSPS) is 16.0. The van der Waals surface area contributed by atoms with Gasteiger partial charge in [0.2, 0.25) is 0 Å². The molecule has 7 nitrogen and oxygen atoms in total. The Kier molecular flexibility index (Phi) is 4.37. The van der Waals surface area contributed by atoms with Crippen LogP contribution in [0, 0.1) is 15.9 Å². The number of carboxylic acid groups (broad SMARTS) is 1. The van der Waals surface area contributed by atoms with Crippen molar-refractivity contribution < 1.29 is 24.0 Å². The summed E-state index contributed by atoms with van der Waals surface area (Å²) < 4.78 is 19.0. The second-order valence-electron chi connectivity index (χ2n) is 4.81. The topological polar surface area (TPSA) is 92.9 Å². The van der Waals surface area contributed by atoms with E-state index in [1.165, 1.54) is 0 Å². The number of piperidine rings is 1. The van der Waals surface area contributed by atoms with Crippen LogP contribution in [0.4, 0.5) is 15.8 Å². The van der Waals surface area contributed by atoms with Gasteiger partial charge in [-0.05, 0) is 12.8 Å². The predicted octanol–water partition coefficient (Wildman–Crippen LogP) is 2.05. The van der Waals surface area contributed by atoms with Crippen molar-refractivity contribution in [2.75, 3.05) is 25.1 Å². The lowest BCUT2D eigenvalue weighted by Gasteiger charge is -2.32. The summed E-state index contributed by atoms with van der Waals surface area (Å²) in [7, 11) is 1.60. The molecule has 0 saturated carbocycles. The molecule has 1 aromatic rings. The first-order valence-corrected chi connectivity index (χ1v) is 6.43. The first kappa shape index (κ1) is 15.2. The zero-order chi connectivity index (χ0) is 15.6. The molecule has 0 bridgehead atoms. The maximum absolute atomic E-state index is 13.8. The third-order valence-electron chi connectivity index (χ3n) is 3.61. The highest BCUT2D eigenvalue weighted by atomic mass is 19.1. The van der Waals surface area contributed by atoms with Gasteiger partial charge in [0.1, 0.15) is 17.1 Å². The van der Waals surface area contributed by atoms with Gasteiger partial charge in [0.25, 0.3) is 5.69 Å². The number of carbonyl (C=O) groups is 1. The van der Waals surface area contributed by atoms with Crippen molar-refractivity contribution in [2.24, 2.45) is 0 Å². The van der Waals surface area contributed by atoms with E-state index >= 15 is 0 Å². The maximum Gasteiger partial charge on any atom is 0.338 e. The average molecular weight is 298 g/mol. The van der Waals surface area contributed by atoms with Crippen LogP contribution in [0.3, 0.4) is 0 Å². The molecule has 21 heavy (non-hydrogen) atoms. The third kappa shape index (κ3) is 3.10. The van der Waals surface area contributed by atoms with Gasteiger partial charge >= 0.3 is 5.97 Å². The van der Waals surface area contributed by atoms with E-state index in [2.05, 4.69) is 0 Å². The molecule has 2 rings (SSSR count). The molecule has 1 heterocycles. The van der Waals surface area contributed by atoms with Crippen LogP contribution < -0.4 is 4.90 Å². The van der Waals surface area contributed by atoms with Crippen LogP contribution in [0.2, 0.25) is 0 Å². The highest BCUT2D eigenvalue weighted by Gasteiger charge is 2.28. The maximum atomic E-state index is 13.8. The second kappa shape index (κ2) is 6.04. The smallest absolute Gasteiger partial charge is 0.338 e. The fourth-order valence-electron chi connectivity index (χ4n) is 2.45. The van der Waals surface area contributed by atoms with E-state index in [1.54, 1.807) is 12.0 Å². The van der Waals surface area contributed by atoms with Crippen LogP contribution in [-0.2, 0) is 4.74 Å². The summed E-state index contributed by atoms with van der Waals surface area (Å²) in [5, 5.41) is 20.0. The molecule has 1 fully saturated rings. The zero-order valence-corrected chi connectivity index (χ0v) is 11.4. The first-order chi connectivity index (χ1) is 9.93. The van der Waals surface area contributed by atoms with E-state index in [-0.39, 0.29) is 11.8 Å². The van der Waals surface area contributed by atoms with Gasteiger partial charge in [-0.25, -0.2) is 9.18 Å². The quantitative estimate of drug-likeness (QED) is 0.675. The highest BCUT2D eigenvalue weighted by molar-refractivity contribution is 5.90. The minimum atomic E-state index is -1.53. The zero-order valence-electron chi connectivity index (χ0n) is 11.4. The van der Waals surface area contributed by atoms with Gasteiger partial charge in [-0.2, -0.15) is 0 Å². The van der Waals surface area contributed by atoms with Gasteiger partial charge in [-0.3, -0.25) is 10.1 Å². The molecular weight excluding hydrogens is 283 g/mol. The molecule has 1 N–H and O–H groups in total. The number of aromatic carboxylic acids is 1. The Morgan fingerprint density at radius 2 is 2.10 bits per heavy atom. The molecule has 0 aliphatic carbocycles. The molecule has 0 unspecified atom stereocenters. The lowest BCUT2D eigenvalue weighted by atomic mass is 10.1. The fraction of sp³-hybridized carbons (Fsp3) is 0.462. The van der Waals surface area contributed by atoms with Gasteiger partial charge in [-0.15, -0.1) is 0 Å². The van der Waals surface area contributed by atoms with Crippen LogP contribution >= 0.6 is 0 Å². The first-order valence-electron chi connectivity index (χ1n) is 6.43. The fourth-order valence-corrected chi connectivity index (χ4v) is 2.45. The van der Waals surface area contributed by atoms with Crippen molar-refractivity contribution in [3.05, 3.63) is 33.6 Å². The number of rotatable bonds is 4. The van der Waals surface area contributed by atoms with Crippen molar-refractivity contribution in [3.63, 3.8) is 0 Å². The number of ether oxygens (including phenoxy) is 1. The van der Waals surface area contributed by atoms with Crippen LogP contribution in [0.5, 0.6) is 0 Å². The van der Waals surface area contributed by atoms with Crippen LogP contribution in [-0.4, -0.2) is 42.3 Å². The number of nitro groups is 1. The van der Waals surface area contributed by atoms with Gasteiger partial charge in [0, 0.05) is 32.3 Å². The third-order valence-corrected chi connectivity index (χ3v) is 3.61. The Balaban J connectivity index is 2.37. The van der Waals surface area contributed by atoms with Crippen molar-refractivity contribution in [1.82, 2.24) is 0 Å². The molecule has 1 aliphatic heterocycles. The number of anilines is 1. The van der Waals surface area contributed by atoms with E-state index in [9.17, 15) is 19.3 Å². The molecule has 1 aromatic carbocycles. The van der Waals surface area contributed by atoms with Gasteiger partial charge in [-0.1, -0.05) is 0 Å². The number of hydrogen-bond donors (Lipinski definition) is 1. The summed E-state index contributed by atoms with van der Waals surface area (Å²) in [6.45, 7) is 0.983. The Hall–Kier alpha value is -2.22. The number of nitro benzene ring substituents is 1. The number of carboxylic acids is 1. The summed E-state index contributed by atoms with van der Waals surface area (Å²) in [5.41, 5.74) is -0.987. The summed E-state index contributed by atoms with van der Waals surface area (Å²) >= 11 is 0. The Bertz CT molecular complexity index is 570. The molecule has 0 radical (unpaired) electrons. The van der Waals surface area contributed by atoms with Crippen LogP contribution in [0.15, 0.2) is 12.1 Å². The van der Waals surface area contributed by atoms with E-state index in [1.807, 2.05) is 0 Å². The number of nitrogens with zero attached hydrogens (tertiary/aromatic N) is 2.